The average Bonchev–Trinajstić information content (AvgIpc) is 3.05. The van der Waals surface area contributed by atoms with E-state index in [9.17, 15) is 19.5 Å². The van der Waals surface area contributed by atoms with Crippen LogP contribution in [-0.2, 0) is 19.8 Å². The highest BCUT2D eigenvalue weighted by atomic mass is 79.9. The van der Waals surface area contributed by atoms with Crippen LogP contribution in [-0.4, -0.2) is 22.9 Å². The number of halogens is 1. The van der Waals surface area contributed by atoms with Crippen LogP contribution in [0.3, 0.4) is 0 Å². The highest BCUT2D eigenvalue weighted by Crippen LogP contribution is 2.64. The van der Waals surface area contributed by atoms with E-state index in [-0.39, 0.29) is 11.8 Å². The summed E-state index contributed by atoms with van der Waals surface area (Å²) in [4.78, 5) is 41.7. The van der Waals surface area contributed by atoms with E-state index in [0.717, 1.165) is 15.6 Å². The van der Waals surface area contributed by atoms with Crippen molar-refractivity contribution in [1.29, 1.82) is 0 Å². The predicted molar refractivity (Wildman–Crippen MR) is 117 cm³/mol. The molecule has 4 aliphatic rings. The van der Waals surface area contributed by atoms with Gasteiger partial charge in [0.15, 0.2) is 0 Å². The smallest absolute Gasteiger partial charge is 0.319 e. The number of rotatable bonds is 2. The van der Waals surface area contributed by atoms with Gasteiger partial charge < -0.3 is 5.11 Å². The van der Waals surface area contributed by atoms with E-state index in [1.54, 1.807) is 48.5 Å². The number of carbonyl (C=O) groups excluding carboxylic acids is 2. The van der Waals surface area contributed by atoms with Crippen molar-refractivity contribution in [3.05, 3.63) is 99.5 Å². The van der Waals surface area contributed by atoms with Crippen LogP contribution in [0.1, 0.15) is 28.2 Å². The van der Waals surface area contributed by atoms with Crippen LogP contribution < -0.4 is 4.90 Å². The fraction of sp³-hybridized carbons (Fsp3) is 0.160. The second-order valence-electron chi connectivity index (χ2n) is 8.26. The number of benzene rings is 3. The van der Waals surface area contributed by atoms with Crippen molar-refractivity contribution in [3.8, 4) is 0 Å². The molecular weight excluding hydrogens is 458 g/mol. The monoisotopic (exact) mass is 473 g/mol. The third-order valence-corrected chi connectivity index (χ3v) is 7.57. The Hall–Kier alpha value is -3.25. The van der Waals surface area contributed by atoms with Crippen molar-refractivity contribution in [2.24, 2.45) is 11.8 Å². The first-order valence-electron chi connectivity index (χ1n) is 10.0. The molecule has 2 amide bonds. The van der Waals surface area contributed by atoms with Gasteiger partial charge in [0.25, 0.3) is 0 Å². The number of nitrogens with zero attached hydrogens (tertiary/aromatic N) is 1. The zero-order chi connectivity index (χ0) is 21.5. The molecule has 5 nitrogen and oxygen atoms in total. The zero-order valence-corrected chi connectivity index (χ0v) is 17.7. The largest absolute Gasteiger partial charge is 0.480 e. The van der Waals surface area contributed by atoms with E-state index in [1.165, 1.54) is 4.90 Å². The molecule has 1 saturated heterocycles. The molecule has 0 spiro atoms. The second kappa shape index (κ2) is 6.14. The van der Waals surface area contributed by atoms with Gasteiger partial charge in [0.2, 0.25) is 11.8 Å². The maximum absolute atomic E-state index is 13.8. The molecule has 0 saturated carbocycles. The van der Waals surface area contributed by atoms with Gasteiger partial charge in [-0.05, 0) is 46.5 Å². The molecule has 1 N–H and O–H groups in total. The lowest BCUT2D eigenvalue weighted by atomic mass is 9.47. The number of aliphatic carboxylic acids is 1. The van der Waals surface area contributed by atoms with E-state index >= 15 is 0 Å². The first kappa shape index (κ1) is 18.5. The van der Waals surface area contributed by atoms with Crippen molar-refractivity contribution in [2.75, 3.05) is 4.90 Å². The van der Waals surface area contributed by atoms with Gasteiger partial charge in [-0.1, -0.05) is 64.5 Å². The topological polar surface area (TPSA) is 74.7 Å². The second-order valence-corrected chi connectivity index (χ2v) is 9.17. The molecule has 6 heteroatoms. The Morgan fingerprint density at radius 1 is 0.839 bits per heavy atom. The summed E-state index contributed by atoms with van der Waals surface area (Å²) in [6, 6.07) is 21.6. The van der Waals surface area contributed by atoms with E-state index in [2.05, 4.69) is 15.9 Å². The van der Waals surface area contributed by atoms with E-state index in [4.69, 9.17) is 0 Å². The summed E-state index contributed by atoms with van der Waals surface area (Å²) >= 11 is 3.37. The summed E-state index contributed by atoms with van der Waals surface area (Å²) in [5.74, 6) is -3.98. The molecule has 7 rings (SSSR count). The highest BCUT2D eigenvalue weighted by molar-refractivity contribution is 9.10. The minimum absolute atomic E-state index is 0.336. The molecule has 0 aromatic heterocycles. The Kier molecular flexibility index (Phi) is 3.67. The third kappa shape index (κ3) is 2.08. The lowest BCUT2D eigenvalue weighted by Gasteiger charge is -2.51. The Labute approximate surface area is 186 Å². The van der Waals surface area contributed by atoms with Gasteiger partial charge in [-0.25, -0.2) is 4.90 Å². The van der Waals surface area contributed by atoms with Crippen LogP contribution >= 0.6 is 15.9 Å². The molecule has 0 radical (unpaired) electrons. The number of imide groups is 1. The van der Waals surface area contributed by atoms with Crippen LogP contribution in [0.5, 0.6) is 0 Å². The zero-order valence-electron chi connectivity index (χ0n) is 16.2. The van der Waals surface area contributed by atoms with Crippen molar-refractivity contribution < 1.29 is 19.5 Å². The first-order valence-corrected chi connectivity index (χ1v) is 10.8. The van der Waals surface area contributed by atoms with Crippen LogP contribution in [0.15, 0.2) is 77.3 Å². The summed E-state index contributed by atoms with van der Waals surface area (Å²) in [7, 11) is 0. The van der Waals surface area contributed by atoms with Gasteiger partial charge in [0.1, 0.15) is 5.41 Å². The lowest BCUT2D eigenvalue weighted by molar-refractivity contribution is -0.149. The SMILES string of the molecule is O=C1[C@@H]2C3c4ccccc4C(C(=O)O)(c4ccccc43)[C@@H]2C(=O)N1c1ccc(Br)cc1. The molecule has 1 fully saturated rings. The van der Waals surface area contributed by atoms with E-state index in [0.29, 0.717) is 16.8 Å². The molecule has 31 heavy (non-hydrogen) atoms. The number of carboxylic acid groups (broad SMARTS) is 1. The van der Waals surface area contributed by atoms with Gasteiger partial charge in [0, 0.05) is 10.4 Å². The summed E-state index contributed by atoms with van der Waals surface area (Å²) in [5.41, 5.74) is 1.74. The number of carboxylic acids is 1. The van der Waals surface area contributed by atoms with Crippen molar-refractivity contribution in [1.82, 2.24) is 0 Å². The molecule has 0 unspecified atom stereocenters. The fourth-order valence-electron chi connectivity index (χ4n) is 5.98. The molecule has 3 aromatic carbocycles. The van der Waals surface area contributed by atoms with E-state index in [1.807, 2.05) is 24.3 Å². The van der Waals surface area contributed by atoms with Crippen molar-refractivity contribution >= 4 is 39.4 Å². The van der Waals surface area contributed by atoms with Gasteiger partial charge in [-0.3, -0.25) is 14.4 Å². The first-order chi connectivity index (χ1) is 15.0. The molecule has 2 bridgehead atoms. The van der Waals surface area contributed by atoms with Crippen LogP contribution in [0.4, 0.5) is 5.69 Å². The van der Waals surface area contributed by atoms with Crippen LogP contribution in [0.2, 0.25) is 0 Å². The molecule has 1 aliphatic heterocycles. The molecule has 1 heterocycles. The minimum Gasteiger partial charge on any atom is -0.480 e. The Balaban J connectivity index is 1.67. The normalized spacial score (nSPS) is 27.6. The fourth-order valence-corrected chi connectivity index (χ4v) is 6.24. The highest BCUT2D eigenvalue weighted by Gasteiger charge is 2.71. The Bertz CT molecular complexity index is 1250. The molecule has 152 valence electrons. The molecule has 3 aromatic rings. The minimum atomic E-state index is -1.59. The van der Waals surface area contributed by atoms with Crippen LogP contribution in [0, 0.1) is 11.8 Å². The van der Waals surface area contributed by atoms with Gasteiger partial charge in [-0.2, -0.15) is 0 Å². The van der Waals surface area contributed by atoms with Gasteiger partial charge in [-0.15, -0.1) is 0 Å². The predicted octanol–water partition coefficient (Wildman–Crippen LogP) is 4.08. The van der Waals surface area contributed by atoms with Crippen LogP contribution in [0.25, 0.3) is 0 Å². The molecule has 3 aliphatic carbocycles. The average molecular weight is 474 g/mol. The van der Waals surface area contributed by atoms with Crippen molar-refractivity contribution in [2.45, 2.75) is 11.3 Å². The summed E-state index contributed by atoms with van der Waals surface area (Å²) in [5, 5.41) is 10.7. The number of anilines is 1. The number of hydrogen-bond acceptors (Lipinski definition) is 3. The number of amides is 2. The molecular formula is C25H16BrNO4. The summed E-state index contributed by atoms with van der Waals surface area (Å²) in [6.07, 6.45) is 0. The van der Waals surface area contributed by atoms with Gasteiger partial charge in [0.05, 0.1) is 17.5 Å². The number of carbonyl (C=O) groups is 3. The van der Waals surface area contributed by atoms with E-state index < -0.39 is 29.1 Å². The van der Waals surface area contributed by atoms with Crippen molar-refractivity contribution in [3.63, 3.8) is 0 Å². The van der Waals surface area contributed by atoms with Gasteiger partial charge >= 0.3 is 5.97 Å². The molecule has 2 atom stereocenters. The third-order valence-electron chi connectivity index (χ3n) is 7.04. The standard InChI is InChI=1S/C25H16BrNO4/c26-13-9-11-14(12-10-13)27-22(28)20-19-15-5-1-3-7-17(15)25(24(30)31,21(20)23(27)29)18-8-4-2-6-16(18)19/h1-12,19-21H,(H,30,31)/t19?,20-,21+,25?/m1/s1. The Morgan fingerprint density at radius 2 is 1.39 bits per heavy atom. The lowest BCUT2D eigenvalue weighted by Crippen LogP contribution is -2.57. The quantitative estimate of drug-likeness (QED) is 0.568. The number of hydrogen-bond donors (Lipinski definition) is 1. The summed E-state index contributed by atoms with van der Waals surface area (Å²) in [6.45, 7) is 0. The Morgan fingerprint density at radius 3 is 1.94 bits per heavy atom. The maximum atomic E-state index is 13.8. The summed E-state index contributed by atoms with van der Waals surface area (Å²) < 4.78 is 0.828. The maximum Gasteiger partial charge on any atom is 0.319 e.